The van der Waals surface area contributed by atoms with Crippen molar-refractivity contribution in [2.45, 2.75) is 13.0 Å². The van der Waals surface area contributed by atoms with Crippen LogP contribution in [0.3, 0.4) is 0 Å². The lowest BCUT2D eigenvalue weighted by Crippen LogP contribution is -2.27. The Morgan fingerprint density at radius 1 is 1.21 bits per heavy atom. The molecule has 0 saturated carbocycles. The minimum atomic E-state index is 0.0524. The molecule has 19 heavy (non-hydrogen) atoms. The fourth-order valence-corrected chi connectivity index (χ4v) is 3.38. The average molecular weight is 274 g/mol. The number of aliphatic hydroxyl groups is 1. The molecule has 0 unspecified atom stereocenters. The van der Waals surface area contributed by atoms with Crippen LogP contribution in [0.5, 0.6) is 0 Å². The van der Waals surface area contributed by atoms with E-state index >= 15 is 0 Å². The summed E-state index contributed by atoms with van der Waals surface area (Å²) in [6, 6.07) is 10.2. The molecule has 1 aliphatic rings. The number of thioether (sulfide) groups is 1. The lowest BCUT2D eigenvalue weighted by Gasteiger charge is -2.23. The molecule has 3 rings (SSSR count). The van der Waals surface area contributed by atoms with Gasteiger partial charge in [0.05, 0.1) is 12.1 Å². The van der Waals surface area contributed by atoms with E-state index in [1.807, 2.05) is 36.0 Å². The summed E-state index contributed by atoms with van der Waals surface area (Å²) >= 11 is 2.00. The predicted octanol–water partition coefficient (Wildman–Crippen LogP) is 2.67. The molecule has 0 aliphatic carbocycles. The summed E-state index contributed by atoms with van der Waals surface area (Å²) in [6.45, 7) is 2.10. The number of benzene rings is 1. The molecule has 0 radical (unpaired) electrons. The van der Waals surface area contributed by atoms with E-state index in [2.05, 4.69) is 11.0 Å². The number of pyridine rings is 1. The monoisotopic (exact) mass is 274 g/mol. The summed E-state index contributed by atoms with van der Waals surface area (Å²) in [5.74, 6) is 3.32. The molecule has 2 heterocycles. The van der Waals surface area contributed by atoms with Gasteiger partial charge in [-0.05, 0) is 24.3 Å². The molecule has 3 nitrogen and oxygen atoms in total. The zero-order valence-electron chi connectivity index (χ0n) is 10.9. The number of rotatable bonds is 2. The van der Waals surface area contributed by atoms with Crippen LogP contribution in [-0.4, -0.2) is 34.7 Å². The first kappa shape index (κ1) is 12.8. The predicted molar refractivity (Wildman–Crippen MR) is 81.8 cm³/mol. The van der Waals surface area contributed by atoms with E-state index in [0.717, 1.165) is 41.1 Å². The molecular formula is C15H18N2OS. The van der Waals surface area contributed by atoms with E-state index in [9.17, 15) is 5.11 Å². The minimum absolute atomic E-state index is 0.0524. The van der Waals surface area contributed by atoms with Crippen LogP contribution < -0.4 is 4.90 Å². The fraction of sp³-hybridized carbons (Fsp3) is 0.400. The Morgan fingerprint density at radius 3 is 3.00 bits per heavy atom. The van der Waals surface area contributed by atoms with Gasteiger partial charge < -0.3 is 10.0 Å². The van der Waals surface area contributed by atoms with Crippen LogP contribution >= 0.6 is 11.8 Å². The molecule has 2 aromatic rings. The lowest BCUT2D eigenvalue weighted by atomic mass is 10.1. The van der Waals surface area contributed by atoms with Crippen molar-refractivity contribution in [3.8, 4) is 0 Å². The average Bonchev–Trinajstić information content (AvgIpc) is 2.74. The highest BCUT2D eigenvalue weighted by molar-refractivity contribution is 7.99. The van der Waals surface area contributed by atoms with Gasteiger partial charge in [-0.2, -0.15) is 11.8 Å². The molecular weight excluding hydrogens is 256 g/mol. The lowest BCUT2D eigenvalue weighted by molar-refractivity contribution is 0.282. The Kier molecular flexibility index (Phi) is 3.89. The number of para-hydroxylation sites is 1. The summed E-state index contributed by atoms with van der Waals surface area (Å²) in [7, 11) is 0. The van der Waals surface area contributed by atoms with Crippen LogP contribution in [0.15, 0.2) is 30.3 Å². The first-order valence-electron chi connectivity index (χ1n) is 6.71. The second-order valence-corrected chi connectivity index (χ2v) is 6.00. The highest BCUT2D eigenvalue weighted by atomic mass is 32.2. The van der Waals surface area contributed by atoms with E-state index in [1.54, 1.807) is 0 Å². The molecule has 1 aliphatic heterocycles. The molecule has 1 fully saturated rings. The number of nitrogens with zero attached hydrogens (tertiary/aromatic N) is 2. The van der Waals surface area contributed by atoms with Gasteiger partial charge in [-0.25, -0.2) is 4.98 Å². The van der Waals surface area contributed by atoms with E-state index in [-0.39, 0.29) is 6.61 Å². The third kappa shape index (κ3) is 2.69. The summed E-state index contributed by atoms with van der Waals surface area (Å²) in [5, 5.41) is 10.7. The SMILES string of the molecule is OCc1cc2ccccc2nc1N1CCCSCC1. The highest BCUT2D eigenvalue weighted by Gasteiger charge is 2.15. The van der Waals surface area contributed by atoms with Crippen molar-refractivity contribution in [3.05, 3.63) is 35.9 Å². The number of aliphatic hydroxyl groups excluding tert-OH is 1. The molecule has 1 saturated heterocycles. The van der Waals surface area contributed by atoms with E-state index in [1.165, 1.54) is 12.2 Å². The summed E-state index contributed by atoms with van der Waals surface area (Å²) in [6.07, 6.45) is 1.18. The number of fused-ring (bicyclic) bond motifs is 1. The van der Waals surface area contributed by atoms with Gasteiger partial charge in [-0.1, -0.05) is 18.2 Å². The smallest absolute Gasteiger partial charge is 0.134 e. The zero-order valence-corrected chi connectivity index (χ0v) is 11.7. The number of hydrogen-bond acceptors (Lipinski definition) is 4. The second-order valence-electron chi connectivity index (χ2n) is 4.77. The van der Waals surface area contributed by atoms with Crippen molar-refractivity contribution >= 4 is 28.5 Å². The molecule has 0 amide bonds. The molecule has 100 valence electrons. The van der Waals surface area contributed by atoms with Gasteiger partial charge in [-0.15, -0.1) is 0 Å². The molecule has 0 bridgehead atoms. The maximum absolute atomic E-state index is 9.61. The quantitative estimate of drug-likeness (QED) is 0.913. The third-order valence-electron chi connectivity index (χ3n) is 3.47. The largest absolute Gasteiger partial charge is 0.392 e. The highest BCUT2D eigenvalue weighted by Crippen LogP contribution is 2.25. The maximum atomic E-state index is 9.61. The van der Waals surface area contributed by atoms with Crippen molar-refractivity contribution in [1.29, 1.82) is 0 Å². The molecule has 1 N–H and O–H groups in total. The number of hydrogen-bond donors (Lipinski definition) is 1. The Labute approximate surface area is 117 Å². The standard InChI is InChI=1S/C15H18N2OS/c18-11-13-10-12-4-1-2-5-14(12)16-15(13)17-6-3-8-19-9-7-17/h1-2,4-5,10,18H,3,6-9,11H2. The van der Waals surface area contributed by atoms with E-state index in [4.69, 9.17) is 4.98 Å². The minimum Gasteiger partial charge on any atom is -0.392 e. The van der Waals surface area contributed by atoms with E-state index < -0.39 is 0 Å². The van der Waals surface area contributed by atoms with Crippen molar-refractivity contribution < 1.29 is 5.11 Å². The van der Waals surface area contributed by atoms with Crippen LogP contribution in [0.4, 0.5) is 5.82 Å². The van der Waals surface area contributed by atoms with E-state index in [0.29, 0.717) is 0 Å². The van der Waals surface area contributed by atoms with Crippen LogP contribution in [0.25, 0.3) is 10.9 Å². The first-order chi connectivity index (χ1) is 9.38. The molecule has 1 aromatic heterocycles. The summed E-state index contributed by atoms with van der Waals surface area (Å²) < 4.78 is 0. The Hall–Kier alpha value is -1.26. The molecule has 1 aromatic carbocycles. The molecule has 0 spiro atoms. The fourth-order valence-electron chi connectivity index (χ4n) is 2.50. The summed E-state index contributed by atoms with van der Waals surface area (Å²) in [4.78, 5) is 7.09. The van der Waals surface area contributed by atoms with Gasteiger partial charge >= 0.3 is 0 Å². The van der Waals surface area contributed by atoms with Gasteiger partial charge in [0.1, 0.15) is 5.82 Å². The third-order valence-corrected chi connectivity index (χ3v) is 4.52. The molecule has 4 heteroatoms. The van der Waals surface area contributed by atoms with Crippen molar-refractivity contribution in [2.24, 2.45) is 0 Å². The van der Waals surface area contributed by atoms with Gasteiger partial charge in [0.25, 0.3) is 0 Å². The van der Waals surface area contributed by atoms with Crippen LogP contribution in [0.2, 0.25) is 0 Å². The topological polar surface area (TPSA) is 36.4 Å². The van der Waals surface area contributed by atoms with Gasteiger partial charge in [0.15, 0.2) is 0 Å². The van der Waals surface area contributed by atoms with Gasteiger partial charge in [-0.3, -0.25) is 0 Å². The number of anilines is 1. The van der Waals surface area contributed by atoms with Crippen molar-refractivity contribution in [3.63, 3.8) is 0 Å². The van der Waals surface area contributed by atoms with Gasteiger partial charge in [0, 0.05) is 29.8 Å². The number of aromatic nitrogens is 1. The molecule has 0 atom stereocenters. The van der Waals surface area contributed by atoms with Gasteiger partial charge in [0.2, 0.25) is 0 Å². The van der Waals surface area contributed by atoms with Crippen LogP contribution in [0, 0.1) is 0 Å². The Balaban J connectivity index is 2.04. The van der Waals surface area contributed by atoms with Crippen LogP contribution in [-0.2, 0) is 6.61 Å². The summed E-state index contributed by atoms with van der Waals surface area (Å²) in [5.41, 5.74) is 1.94. The zero-order chi connectivity index (χ0) is 13.1. The first-order valence-corrected chi connectivity index (χ1v) is 7.86. The Bertz CT molecular complexity index is 565. The Morgan fingerprint density at radius 2 is 2.11 bits per heavy atom. The normalized spacial score (nSPS) is 16.6. The van der Waals surface area contributed by atoms with Crippen molar-refractivity contribution in [1.82, 2.24) is 4.98 Å². The maximum Gasteiger partial charge on any atom is 0.134 e. The second kappa shape index (κ2) is 5.80. The van der Waals surface area contributed by atoms with Crippen LogP contribution in [0.1, 0.15) is 12.0 Å². The van der Waals surface area contributed by atoms with Crippen molar-refractivity contribution in [2.75, 3.05) is 29.5 Å².